The number of carbonyl (C=O) groups is 2. The van der Waals surface area contributed by atoms with Gasteiger partial charge in [0.25, 0.3) is 5.91 Å². The molecule has 0 saturated heterocycles. The second kappa shape index (κ2) is 9.73. The maximum atomic E-state index is 12.5. The first-order valence-electron chi connectivity index (χ1n) is 9.86. The topological polar surface area (TPSA) is 85.2 Å². The van der Waals surface area contributed by atoms with Crippen LogP contribution in [0.3, 0.4) is 0 Å². The Labute approximate surface area is 176 Å². The molecule has 2 amide bonds. The molecule has 0 aliphatic heterocycles. The van der Waals surface area contributed by atoms with E-state index in [1.165, 1.54) is 5.56 Å². The van der Waals surface area contributed by atoms with Crippen molar-refractivity contribution in [2.75, 3.05) is 11.9 Å². The van der Waals surface area contributed by atoms with Crippen molar-refractivity contribution in [2.24, 2.45) is 0 Å². The molecular formula is C23H26N4O3. The average molecular weight is 406 g/mol. The molecule has 0 aliphatic rings. The van der Waals surface area contributed by atoms with E-state index in [0.717, 1.165) is 17.0 Å². The van der Waals surface area contributed by atoms with Gasteiger partial charge in [0.05, 0.1) is 18.8 Å². The van der Waals surface area contributed by atoms with Crippen LogP contribution in [0.4, 0.5) is 10.5 Å². The van der Waals surface area contributed by atoms with Crippen LogP contribution in [0.2, 0.25) is 0 Å². The van der Waals surface area contributed by atoms with Crippen LogP contribution in [0.15, 0.2) is 54.6 Å². The number of hydrogen-bond acceptors (Lipinski definition) is 4. The lowest BCUT2D eigenvalue weighted by molar-refractivity contribution is 0.0951. The summed E-state index contributed by atoms with van der Waals surface area (Å²) in [6.07, 6.45) is -0.520. The smallest absolute Gasteiger partial charge is 0.411 e. The number of benzene rings is 2. The number of amides is 2. The van der Waals surface area contributed by atoms with E-state index >= 15 is 0 Å². The monoisotopic (exact) mass is 406 g/mol. The van der Waals surface area contributed by atoms with Crippen LogP contribution in [0.25, 0.3) is 0 Å². The third-order valence-electron chi connectivity index (χ3n) is 4.80. The van der Waals surface area contributed by atoms with Gasteiger partial charge >= 0.3 is 6.09 Å². The number of nitrogens with zero attached hydrogens (tertiary/aromatic N) is 2. The maximum Gasteiger partial charge on any atom is 0.411 e. The van der Waals surface area contributed by atoms with Crippen LogP contribution in [0.1, 0.15) is 39.8 Å². The van der Waals surface area contributed by atoms with Crippen molar-refractivity contribution in [2.45, 2.75) is 33.9 Å². The minimum absolute atomic E-state index is 0.188. The molecule has 7 heteroatoms. The second-order valence-corrected chi connectivity index (χ2v) is 6.90. The minimum Gasteiger partial charge on any atom is -0.450 e. The molecule has 0 atom stereocenters. The minimum atomic E-state index is -0.520. The van der Waals surface area contributed by atoms with Gasteiger partial charge in [-0.2, -0.15) is 5.10 Å². The molecule has 0 saturated carbocycles. The molecule has 156 valence electrons. The molecule has 0 radical (unpaired) electrons. The van der Waals surface area contributed by atoms with Crippen LogP contribution < -0.4 is 10.6 Å². The van der Waals surface area contributed by atoms with E-state index in [1.54, 1.807) is 31.2 Å². The van der Waals surface area contributed by atoms with Crippen LogP contribution in [-0.4, -0.2) is 28.4 Å². The number of nitrogens with one attached hydrogen (secondary N) is 2. The molecule has 0 bridgehead atoms. The van der Waals surface area contributed by atoms with Gasteiger partial charge in [-0.1, -0.05) is 30.3 Å². The molecule has 1 aromatic heterocycles. The predicted molar refractivity (Wildman–Crippen MR) is 116 cm³/mol. The van der Waals surface area contributed by atoms with E-state index in [1.807, 2.05) is 36.7 Å². The van der Waals surface area contributed by atoms with Gasteiger partial charge in [-0.15, -0.1) is 0 Å². The molecule has 7 nitrogen and oxygen atoms in total. The third-order valence-corrected chi connectivity index (χ3v) is 4.80. The van der Waals surface area contributed by atoms with E-state index in [4.69, 9.17) is 4.74 Å². The van der Waals surface area contributed by atoms with E-state index < -0.39 is 6.09 Å². The van der Waals surface area contributed by atoms with Crippen molar-refractivity contribution in [1.82, 2.24) is 15.1 Å². The molecule has 0 spiro atoms. The SMILES string of the molecule is CCOC(=O)Nc1ccc(C(=O)NCc2c(C)nn(Cc3ccccc3)c2C)cc1. The largest absolute Gasteiger partial charge is 0.450 e. The Hall–Kier alpha value is -3.61. The quantitative estimate of drug-likeness (QED) is 0.620. The molecule has 0 aliphatic carbocycles. The summed E-state index contributed by atoms with van der Waals surface area (Å²) < 4.78 is 6.80. The number of ether oxygens (including phenoxy) is 1. The summed E-state index contributed by atoms with van der Waals surface area (Å²) in [7, 11) is 0. The van der Waals surface area contributed by atoms with Crippen LogP contribution in [0, 0.1) is 13.8 Å². The Kier molecular flexibility index (Phi) is 6.85. The summed E-state index contributed by atoms with van der Waals surface area (Å²) in [6, 6.07) is 16.8. The Morgan fingerprint density at radius 2 is 1.73 bits per heavy atom. The molecule has 0 unspecified atom stereocenters. The lowest BCUT2D eigenvalue weighted by Crippen LogP contribution is -2.23. The van der Waals surface area contributed by atoms with Gasteiger partial charge in [0.1, 0.15) is 0 Å². The first-order valence-corrected chi connectivity index (χ1v) is 9.86. The van der Waals surface area contributed by atoms with Crippen molar-refractivity contribution in [3.05, 3.63) is 82.7 Å². The van der Waals surface area contributed by atoms with Crippen LogP contribution in [-0.2, 0) is 17.8 Å². The Balaban J connectivity index is 1.61. The van der Waals surface area contributed by atoms with Gasteiger partial charge in [-0.05, 0) is 50.6 Å². The van der Waals surface area contributed by atoms with Crippen molar-refractivity contribution in [1.29, 1.82) is 0 Å². The molecule has 2 aromatic carbocycles. The number of rotatable bonds is 7. The Bertz CT molecular complexity index is 1010. The number of aryl methyl sites for hydroxylation is 1. The normalized spacial score (nSPS) is 10.5. The standard InChI is InChI=1S/C23H26N4O3/c1-4-30-23(29)25-20-12-10-19(11-13-20)22(28)24-14-21-16(2)26-27(17(21)3)15-18-8-6-5-7-9-18/h5-13H,4,14-15H2,1-3H3,(H,24,28)(H,25,29). The second-order valence-electron chi connectivity index (χ2n) is 6.90. The molecule has 0 fully saturated rings. The van der Waals surface area contributed by atoms with Crippen LogP contribution in [0.5, 0.6) is 0 Å². The van der Waals surface area contributed by atoms with Crippen molar-refractivity contribution in [3.63, 3.8) is 0 Å². The fourth-order valence-corrected chi connectivity index (χ4v) is 3.16. The molecule has 2 N–H and O–H groups in total. The lowest BCUT2D eigenvalue weighted by atomic mass is 10.1. The Morgan fingerprint density at radius 3 is 2.40 bits per heavy atom. The van der Waals surface area contributed by atoms with E-state index in [-0.39, 0.29) is 5.91 Å². The molecule has 30 heavy (non-hydrogen) atoms. The summed E-state index contributed by atoms with van der Waals surface area (Å²) in [4.78, 5) is 24.0. The zero-order valence-corrected chi connectivity index (χ0v) is 17.4. The summed E-state index contributed by atoms with van der Waals surface area (Å²) in [6.45, 7) is 7.09. The zero-order valence-electron chi connectivity index (χ0n) is 17.4. The first-order chi connectivity index (χ1) is 14.5. The highest BCUT2D eigenvalue weighted by molar-refractivity contribution is 5.95. The van der Waals surface area contributed by atoms with Crippen molar-refractivity contribution in [3.8, 4) is 0 Å². The van der Waals surface area contributed by atoms with Crippen molar-refractivity contribution < 1.29 is 14.3 Å². The van der Waals surface area contributed by atoms with Gasteiger partial charge < -0.3 is 10.1 Å². The fourth-order valence-electron chi connectivity index (χ4n) is 3.16. The van der Waals surface area contributed by atoms with Gasteiger partial charge in [-0.25, -0.2) is 4.79 Å². The summed E-state index contributed by atoms with van der Waals surface area (Å²) in [5.74, 6) is -0.188. The molecule has 3 aromatic rings. The summed E-state index contributed by atoms with van der Waals surface area (Å²) in [5, 5.41) is 10.2. The van der Waals surface area contributed by atoms with E-state index in [0.29, 0.717) is 30.9 Å². The molecular weight excluding hydrogens is 380 g/mol. The Morgan fingerprint density at radius 1 is 1.03 bits per heavy atom. The highest BCUT2D eigenvalue weighted by atomic mass is 16.5. The fraction of sp³-hybridized carbons (Fsp3) is 0.261. The predicted octanol–water partition coefficient (Wildman–Crippen LogP) is 4.05. The van der Waals surface area contributed by atoms with Gasteiger partial charge in [0.15, 0.2) is 0 Å². The molecule has 1 heterocycles. The van der Waals surface area contributed by atoms with Gasteiger partial charge in [0.2, 0.25) is 0 Å². The highest BCUT2D eigenvalue weighted by Gasteiger charge is 2.14. The highest BCUT2D eigenvalue weighted by Crippen LogP contribution is 2.15. The molecule has 3 rings (SSSR count). The third kappa shape index (κ3) is 5.26. The number of hydrogen-bond donors (Lipinski definition) is 2. The number of aromatic nitrogens is 2. The van der Waals surface area contributed by atoms with E-state index in [9.17, 15) is 9.59 Å². The maximum absolute atomic E-state index is 12.5. The van der Waals surface area contributed by atoms with Gasteiger partial charge in [0, 0.05) is 29.1 Å². The first kappa shape index (κ1) is 21.1. The summed E-state index contributed by atoms with van der Waals surface area (Å²) in [5.41, 5.74) is 5.20. The average Bonchev–Trinajstić information content (AvgIpc) is 3.00. The number of carbonyl (C=O) groups excluding carboxylic acids is 2. The number of anilines is 1. The summed E-state index contributed by atoms with van der Waals surface area (Å²) >= 11 is 0. The van der Waals surface area contributed by atoms with E-state index in [2.05, 4.69) is 27.9 Å². The van der Waals surface area contributed by atoms with Crippen molar-refractivity contribution >= 4 is 17.7 Å². The lowest BCUT2D eigenvalue weighted by Gasteiger charge is -2.09. The zero-order chi connectivity index (χ0) is 21.5. The van der Waals surface area contributed by atoms with Crippen LogP contribution >= 0.6 is 0 Å². The van der Waals surface area contributed by atoms with Gasteiger partial charge in [-0.3, -0.25) is 14.8 Å².